The van der Waals surface area contributed by atoms with E-state index < -0.39 is 0 Å². The zero-order valence-electron chi connectivity index (χ0n) is 16.3. The number of carbonyl (C=O) groups is 2. The molecule has 6 nitrogen and oxygen atoms in total. The molecule has 2 amide bonds. The first-order valence-electron chi connectivity index (χ1n) is 9.15. The molecule has 0 aliphatic carbocycles. The SMILES string of the molecule is Cc1cccc(C(=O)Nc2nc(-c3csc(NC(=O)c4cccc(C)c4)n3)cs2)c1. The molecule has 8 heteroatoms. The van der Waals surface area contributed by atoms with Gasteiger partial charge >= 0.3 is 0 Å². The number of benzene rings is 2. The van der Waals surface area contributed by atoms with Crippen LogP contribution in [0, 0.1) is 13.8 Å². The summed E-state index contributed by atoms with van der Waals surface area (Å²) >= 11 is 2.65. The first-order valence-corrected chi connectivity index (χ1v) is 10.9. The van der Waals surface area contributed by atoms with Gasteiger partial charge in [0.1, 0.15) is 11.4 Å². The van der Waals surface area contributed by atoms with E-state index in [1.54, 1.807) is 12.1 Å². The van der Waals surface area contributed by atoms with E-state index in [1.165, 1.54) is 22.7 Å². The summed E-state index contributed by atoms with van der Waals surface area (Å²) in [5, 5.41) is 10.3. The summed E-state index contributed by atoms with van der Waals surface area (Å²) in [5.74, 6) is -0.409. The van der Waals surface area contributed by atoms with Crippen molar-refractivity contribution in [3.8, 4) is 11.4 Å². The maximum Gasteiger partial charge on any atom is 0.257 e. The molecule has 150 valence electrons. The third kappa shape index (κ3) is 4.61. The normalized spacial score (nSPS) is 10.6. The van der Waals surface area contributed by atoms with Gasteiger partial charge in [-0.15, -0.1) is 22.7 Å². The van der Waals surface area contributed by atoms with Gasteiger partial charge in [0.15, 0.2) is 10.3 Å². The molecule has 0 radical (unpaired) electrons. The molecule has 2 heterocycles. The van der Waals surface area contributed by atoms with Crippen LogP contribution in [0.15, 0.2) is 59.3 Å². The van der Waals surface area contributed by atoms with E-state index in [9.17, 15) is 9.59 Å². The van der Waals surface area contributed by atoms with E-state index in [1.807, 2.05) is 61.0 Å². The van der Waals surface area contributed by atoms with Crippen LogP contribution in [0.5, 0.6) is 0 Å². The number of rotatable bonds is 5. The van der Waals surface area contributed by atoms with Crippen molar-refractivity contribution in [1.82, 2.24) is 9.97 Å². The molecule has 30 heavy (non-hydrogen) atoms. The molecular formula is C22H18N4O2S2. The summed E-state index contributed by atoms with van der Waals surface area (Å²) in [7, 11) is 0. The van der Waals surface area contributed by atoms with Crippen molar-refractivity contribution < 1.29 is 9.59 Å². The number of aromatic nitrogens is 2. The van der Waals surface area contributed by atoms with E-state index in [4.69, 9.17) is 0 Å². The van der Waals surface area contributed by atoms with Gasteiger partial charge in [-0.25, -0.2) is 9.97 Å². The smallest absolute Gasteiger partial charge is 0.257 e. The second kappa shape index (κ2) is 8.56. The Morgan fingerprint density at radius 1 is 0.733 bits per heavy atom. The molecule has 0 atom stereocenters. The van der Waals surface area contributed by atoms with Crippen LogP contribution < -0.4 is 10.6 Å². The zero-order chi connectivity index (χ0) is 21.1. The number of amides is 2. The van der Waals surface area contributed by atoms with Crippen LogP contribution >= 0.6 is 22.7 Å². The van der Waals surface area contributed by atoms with Crippen molar-refractivity contribution in [2.45, 2.75) is 13.8 Å². The third-order valence-electron chi connectivity index (χ3n) is 4.27. The van der Waals surface area contributed by atoms with Crippen molar-refractivity contribution >= 4 is 44.8 Å². The average molecular weight is 435 g/mol. The topological polar surface area (TPSA) is 84.0 Å². The molecule has 0 aliphatic heterocycles. The Bertz CT molecular complexity index is 1130. The van der Waals surface area contributed by atoms with Gasteiger partial charge in [0.25, 0.3) is 11.8 Å². The highest BCUT2D eigenvalue weighted by Crippen LogP contribution is 2.28. The van der Waals surface area contributed by atoms with Crippen LogP contribution in [0.3, 0.4) is 0 Å². The Kier molecular flexibility index (Phi) is 5.69. The Balaban J connectivity index is 1.43. The molecular weight excluding hydrogens is 416 g/mol. The maximum atomic E-state index is 12.4. The first-order chi connectivity index (χ1) is 14.5. The molecule has 4 rings (SSSR count). The minimum atomic E-state index is -0.205. The minimum absolute atomic E-state index is 0.205. The molecule has 2 aromatic carbocycles. The molecule has 4 aromatic rings. The van der Waals surface area contributed by atoms with Gasteiger partial charge < -0.3 is 0 Å². The second-order valence-electron chi connectivity index (χ2n) is 6.72. The quantitative estimate of drug-likeness (QED) is 0.441. The maximum absolute atomic E-state index is 12.4. The number of nitrogens with one attached hydrogen (secondary N) is 2. The predicted molar refractivity (Wildman–Crippen MR) is 121 cm³/mol. The van der Waals surface area contributed by atoms with E-state index >= 15 is 0 Å². The predicted octanol–water partition coefficient (Wildman–Crippen LogP) is 5.39. The summed E-state index contributed by atoms with van der Waals surface area (Å²) in [4.78, 5) is 33.7. The first kappa shape index (κ1) is 19.9. The molecule has 0 bridgehead atoms. The Labute approximate surface area is 181 Å². The Morgan fingerprint density at radius 3 is 1.57 bits per heavy atom. The molecule has 2 aromatic heterocycles. The molecule has 0 aliphatic rings. The van der Waals surface area contributed by atoms with Crippen molar-refractivity contribution in [3.05, 3.63) is 81.5 Å². The van der Waals surface area contributed by atoms with Gasteiger partial charge in [-0.3, -0.25) is 20.2 Å². The molecule has 2 N–H and O–H groups in total. The van der Waals surface area contributed by atoms with Crippen LogP contribution in [-0.4, -0.2) is 21.8 Å². The van der Waals surface area contributed by atoms with Crippen LogP contribution in [0.1, 0.15) is 31.8 Å². The van der Waals surface area contributed by atoms with Crippen LogP contribution in [-0.2, 0) is 0 Å². The number of aryl methyl sites for hydroxylation is 2. The highest BCUT2D eigenvalue weighted by atomic mass is 32.1. The molecule has 0 unspecified atom stereocenters. The third-order valence-corrected chi connectivity index (χ3v) is 5.79. The lowest BCUT2D eigenvalue weighted by Crippen LogP contribution is -2.12. The highest BCUT2D eigenvalue weighted by Gasteiger charge is 2.14. The number of hydrogen-bond donors (Lipinski definition) is 2. The lowest BCUT2D eigenvalue weighted by Gasteiger charge is -2.02. The fourth-order valence-electron chi connectivity index (χ4n) is 2.81. The molecule has 0 spiro atoms. The highest BCUT2D eigenvalue weighted by molar-refractivity contribution is 7.15. The second-order valence-corrected chi connectivity index (χ2v) is 8.44. The Morgan fingerprint density at radius 2 is 1.17 bits per heavy atom. The van der Waals surface area contributed by atoms with Gasteiger partial charge in [0.2, 0.25) is 0 Å². The summed E-state index contributed by atoms with van der Waals surface area (Å²) < 4.78 is 0. The summed E-state index contributed by atoms with van der Waals surface area (Å²) in [5.41, 5.74) is 4.50. The van der Waals surface area contributed by atoms with E-state index in [0.29, 0.717) is 32.8 Å². The fourth-order valence-corrected chi connectivity index (χ4v) is 4.21. The fraction of sp³-hybridized carbons (Fsp3) is 0.0909. The van der Waals surface area contributed by atoms with Gasteiger partial charge in [-0.1, -0.05) is 35.4 Å². The van der Waals surface area contributed by atoms with Crippen molar-refractivity contribution in [2.75, 3.05) is 10.6 Å². The van der Waals surface area contributed by atoms with E-state index in [0.717, 1.165) is 11.1 Å². The van der Waals surface area contributed by atoms with Crippen molar-refractivity contribution in [1.29, 1.82) is 0 Å². The number of anilines is 2. The van der Waals surface area contributed by atoms with Crippen molar-refractivity contribution in [3.63, 3.8) is 0 Å². The summed E-state index contributed by atoms with van der Waals surface area (Å²) in [6.07, 6.45) is 0. The molecule has 0 saturated carbocycles. The lowest BCUT2D eigenvalue weighted by atomic mass is 10.1. The van der Waals surface area contributed by atoms with E-state index in [2.05, 4.69) is 20.6 Å². The van der Waals surface area contributed by atoms with Gasteiger partial charge in [0.05, 0.1) is 0 Å². The van der Waals surface area contributed by atoms with E-state index in [-0.39, 0.29) is 11.8 Å². The standard InChI is InChI=1S/C22H18N4O2S2/c1-13-5-3-7-15(9-13)19(27)25-21-23-17(11-29-21)18-12-30-22(24-18)26-20(28)16-8-4-6-14(2)10-16/h3-12H,1-2H3,(H,23,25,27)(H,24,26,28). The summed E-state index contributed by atoms with van der Waals surface area (Å²) in [6, 6.07) is 14.8. The average Bonchev–Trinajstić information content (AvgIpc) is 3.37. The molecule has 0 saturated heterocycles. The van der Waals surface area contributed by atoms with Gasteiger partial charge in [-0.2, -0.15) is 0 Å². The monoisotopic (exact) mass is 434 g/mol. The van der Waals surface area contributed by atoms with Crippen LogP contribution in [0.25, 0.3) is 11.4 Å². The largest absolute Gasteiger partial charge is 0.298 e. The summed E-state index contributed by atoms with van der Waals surface area (Å²) in [6.45, 7) is 3.88. The molecule has 0 fully saturated rings. The number of thiazole rings is 2. The number of carbonyl (C=O) groups excluding carboxylic acids is 2. The zero-order valence-corrected chi connectivity index (χ0v) is 17.9. The van der Waals surface area contributed by atoms with Gasteiger partial charge in [-0.05, 0) is 38.1 Å². The van der Waals surface area contributed by atoms with Gasteiger partial charge in [0, 0.05) is 21.9 Å². The minimum Gasteiger partial charge on any atom is -0.298 e. The van der Waals surface area contributed by atoms with Crippen LogP contribution in [0.4, 0.5) is 10.3 Å². The number of nitrogens with zero attached hydrogens (tertiary/aromatic N) is 2. The lowest BCUT2D eigenvalue weighted by molar-refractivity contribution is 0.101. The Hall–Kier alpha value is -3.36. The van der Waals surface area contributed by atoms with Crippen molar-refractivity contribution in [2.24, 2.45) is 0 Å². The number of hydrogen-bond acceptors (Lipinski definition) is 6. The van der Waals surface area contributed by atoms with Crippen LogP contribution in [0.2, 0.25) is 0 Å².